The molecule has 1 rings (SSSR count). The predicted molar refractivity (Wildman–Crippen MR) is 60.4 cm³/mol. The Morgan fingerprint density at radius 2 is 2.07 bits per heavy atom. The first-order chi connectivity index (χ1) is 6.73. The lowest BCUT2D eigenvalue weighted by Crippen LogP contribution is -2.23. The SMILES string of the molecule is CCCCC(C)(CCC)c1ncc[nH]1. The van der Waals surface area contributed by atoms with Crippen LogP contribution in [-0.2, 0) is 5.41 Å². The van der Waals surface area contributed by atoms with Crippen LogP contribution in [0.5, 0.6) is 0 Å². The molecule has 0 aromatic carbocycles. The maximum Gasteiger partial charge on any atom is 0.111 e. The molecule has 1 unspecified atom stereocenters. The second-order valence-corrected chi connectivity index (χ2v) is 4.35. The first-order valence-corrected chi connectivity index (χ1v) is 5.73. The van der Waals surface area contributed by atoms with E-state index in [2.05, 4.69) is 30.7 Å². The van der Waals surface area contributed by atoms with Crippen LogP contribution in [0.1, 0.15) is 58.7 Å². The minimum Gasteiger partial charge on any atom is -0.348 e. The zero-order valence-corrected chi connectivity index (χ0v) is 9.64. The fourth-order valence-electron chi connectivity index (χ4n) is 2.08. The summed E-state index contributed by atoms with van der Waals surface area (Å²) in [6.45, 7) is 6.81. The van der Waals surface area contributed by atoms with E-state index in [1.54, 1.807) is 0 Å². The van der Waals surface area contributed by atoms with Gasteiger partial charge in [-0.05, 0) is 12.8 Å². The standard InChI is InChI=1S/C12H22N2/c1-4-6-8-12(3,7-5-2)11-13-9-10-14-11/h9-10H,4-8H2,1-3H3,(H,13,14). The van der Waals surface area contributed by atoms with Crippen LogP contribution in [0.2, 0.25) is 0 Å². The molecule has 14 heavy (non-hydrogen) atoms. The number of aromatic nitrogens is 2. The third kappa shape index (κ3) is 2.60. The van der Waals surface area contributed by atoms with Crippen molar-refractivity contribution in [1.29, 1.82) is 0 Å². The number of H-pyrrole nitrogens is 1. The molecule has 1 aromatic rings. The molecule has 2 heteroatoms. The highest BCUT2D eigenvalue weighted by atomic mass is 14.9. The number of nitrogens with zero attached hydrogens (tertiary/aromatic N) is 1. The van der Waals surface area contributed by atoms with Crippen molar-refractivity contribution in [3.63, 3.8) is 0 Å². The molecule has 1 N–H and O–H groups in total. The van der Waals surface area contributed by atoms with Gasteiger partial charge < -0.3 is 4.98 Å². The topological polar surface area (TPSA) is 28.7 Å². The van der Waals surface area contributed by atoms with E-state index >= 15 is 0 Å². The zero-order valence-electron chi connectivity index (χ0n) is 9.64. The Bertz CT molecular complexity index is 241. The van der Waals surface area contributed by atoms with Gasteiger partial charge in [-0.1, -0.05) is 40.0 Å². The van der Waals surface area contributed by atoms with Crippen LogP contribution in [0.3, 0.4) is 0 Å². The van der Waals surface area contributed by atoms with E-state index < -0.39 is 0 Å². The Kier molecular flexibility index (Phi) is 4.18. The van der Waals surface area contributed by atoms with E-state index in [1.165, 1.54) is 32.1 Å². The highest BCUT2D eigenvalue weighted by Crippen LogP contribution is 2.31. The third-order valence-corrected chi connectivity index (χ3v) is 2.95. The smallest absolute Gasteiger partial charge is 0.111 e. The van der Waals surface area contributed by atoms with Crippen molar-refractivity contribution in [2.75, 3.05) is 0 Å². The normalized spacial score (nSPS) is 15.4. The van der Waals surface area contributed by atoms with Crippen molar-refractivity contribution in [3.8, 4) is 0 Å². The van der Waals surface area contributed by atoms with E-state index in [4.69, 9.17) is 0 Å². The molecule has 0 saturated heterocycles. The molecule has 0 saturated carbocycles. The van der Waals surface area contributed by atoms with Gasteiger partial charge in [0.2, 0.25) is 0 Å². The Balaban J connectivity index is 2.70. The van der Waals surface area contributed by atoms with Crippen LogP contribution in [0, 0.1) is 0 Å². The van der Waals surface area contributed by atoms with Crippen molar-refractivity contribution in [2.24, 2.45) is 0 Å². The third-order valence-electron chi connectivity index (χ3n) is 2.95. The molecule has 1 heterocycles. The molecule has 2 nitrogen and oxygen atoms in total. The van der Waals surface area contributed by atoms with E-state index in [1.807, 2.05) is 12.4 Å². The molecule has 0 aliphatic carbocycles. The van der Waals surface area contributed by atoms with E-state index in [0.29, 0.717) is 0 Å². The lowest BCUT2D eigenvalue weighted by atomic mass is 9.80. The minimum absolute atomic E-state index is 0.258. The summed E-state index contributed by atoms with van der Waals surface area (Å²) in [5.74, 6) is 1.16. The number of imidazole rings is 1. The van der Waals surface area contributed by atoms with Crippen LogP contribution < -0.4 is 0 Å². The number of hydrogen-bond acceptors (Lipinski definition) is 1. The van der Waals surface area contributed by atoms with Gasteiger partial charge in [0.25, 0.3) is 0 Å². The number of aromatic amines is 1. The molecule has 0 fully saturated rings. The quantitative estimate of drug-likeness (QED) is 0.735. The van der Waals surface area contributed by atoms with Crippen LogP contribution in [-0.4, -0.2) is 9.97 Å². The van der Waals surface area contributed by atoms with Crippen LogP contribution in [0.15, 0.2) is 12.4 Å². The van der Waals surface area contributed by atoms with E-state index in [0.717, 1.165) is 5.82 Å². The molecule has 80 valence electrons. The first-order valence-electron chi connectivity index (χ1n) is 5.73. The molecule has 1 atom stereocenters. The molecule has 0 radical (unpaired) electrons. The maximum atomic E-state index is 4.40. The highest BCUT2D eigenvalue weighted by molar-refractivity contribution is 5.05. The lowest BCUT2D eigenvalue weighted by molar-refractivity contribution is 0.364. The fraction of sp³-hybridized carbons (Fsp3) is 0.750. The van der Waals surface area contributed by atoms with Gasteiger partial charge in [-0.3, -0.25) is 0 Å². The van der Waals surface area contributed by atoms with Crippen LogP contribution >= 0.6 is 0 Å². The lowest BCUT2D eigenvalue weighted by Gasteiger charge is -2.26. The van der Waals surface area contributed by atoms with Crippen LogP contribution in [0.4, 0.5) is 0 Å². The van der Waals surface area contributed by atoms with Crippen molar-refractivity contribution in [1.82, 2.24) is 9.97 Å². The van der Waals surface area contributed by atoms with Crippen molar-refractivity contribution < 1.29 is 0 Å². The summed E-state index contributed by atoms with van der Waals surface area (Å²) >= 11 is 0. The summed E-state index contributed by atoms with van der Waals surface area (Å²) in [5.41, 5.74) is 0.258. The zero-order chi connectivity index (χ0) is 10.4. The van der Waals surface area contributed by atoms with Crippen LogP contribution in [0.25, 0.3) is 0 Å². The molecular formula is C12H22N2. The summed E-state index contributed by atoms with van der Waals surface area (Å²) in [4.78, 5) is 7.66. The van der Waals surface area contributed by atoms with Crippen molar-refractivity contribution >= 4 is 0 Å². The van der Waals surface area contributed by atoms with Crippen molar-refractivity contribution in [3.05, 3.63) is 18.2 Å². The summed E-state index contributed by atoms with van der Waals surface area (Å²) in [7, 11) is 0. The second-order valence-electron chi connectivity index (χ2n) is 4.35. The summed E-state index contributed by atoms with van der Waals surface area (Å²) in [6, 6.07) is 0. The maximum absolute atomic E-state index is 4.40. The van der Waals surface area contributed by atoms with Crippen molar-refractivity contribution in [2.45, 2.75) is 58.3 Å². The minimum atomic E-state index is 0.258. The Hall–Kier alpha value is -0.790. The molecule has 0 bridgehead atoms. The highest BCUT2D eigenvalue weighted by Gasteiger charge is 2.27. The van der Waals surface area contributed by atoms with Gasteiger partial charge in [-0.15, -0.1) is 0 Å². The molecule has 0 amide bonds. The number of rotatable bonds is 6. The average molecular weight is 194 g/mol. The Morgan fingerprint density at radius 1 is 1.29 bits per heavy atom. The summed E-state index contributed by atoms with van der Waals surface area (Å²) < 4.78 is 0. The monoisotopic (exact) mass is 194 g/mol. The molecule has 0 aliphatic rings. The van der Waals surface area contributed by atoms with Gasteiger partial charge in [0, 0.05) is 17.8 Å². The van der Waals surface area contributed by atoms with Gasteiger partial charge in [-0.25, -0.2) is 4.98 Å². The fourth-order valence-corrected chi connectivity index (χ4v) is 2.08. The van der Waals surface area contributed by atoms with Gasteiger partial charge in [-0.2, -0.15) is 0 Å². The Labute approximate surface area is 87.1 Å². The van der Waals surface area contributed by atoms with Gasteiger partial charge >= 0.3 is 0 Å². The molecule has 0 aliphatic heterocycles. The largest absolute Gasteiger partial charge is 0.348 e. The van der Waals surface area contributed by atoms with Gasteiger partial charge in [0.15, 0.2) is 0 Å². The molecule has 0 spiro atoms. The summed E-state index contributed by atoms with van der Waals surface area (Å²) in [5, 5.41) is 0. The molecular weight excluding hydrogens is 172 g/mol. The predicted octanol–water partition coefficient (Wildman–Crippen LogP) is 3.66. The first kappa shape index (κ1) is 11.3. The second kappa shape index (κ2) is 5.18. The van der Waals surface area contributed by atoms with Gasteiger partial charge in [0.1, 0.15) is 5.82 Å². The number of hydrogen-bond donors (Lipinski definition) is 1. The molecule has 1 aromatic heterocycles. The summed E-state index contributed by atoms with van der Waals surface area (Å²) in [6.07, 6.45) is 10.0. The number of nitrogens with one attached hydrogen (secondary N) is 1. The average Bonchev–Trinajstić information content (AvgIpc) is 2.68. The number of unbranched alkanes of at least 4 members (excludes halogenated alkanes) is 1. The van der Waals surface area contributed by atoms with E-state index in [-0.39, 0.29) is 5.41 Å². The van der Waals surface area contributed by atoms with E-state index in [9.17, 15) is 0 Å². The Morgan fingerprint density at radius 3 is 2.57 bits per heavy atom. The van der Waals surface area contributed by atoms with Gasteiger partial charge in [0.05, 0.1) is 0 Å².